The first-order valence-corrected chi connectivity index (χ1v) is 8.79. The molecule has 2 aliphatic rings. The van der Waals surface area contributed by atoms with E-state index >= 15 is 0 Å². The Morgan fingerprint density at radius 1 is 1.41 bits per heavy atom. The molecule has 5 nitrogen and oxygen atoms in total. The Bertz CT molecular complexity index is 499. The van der Waals surface area contributed by atoms with E-state index < -0.39 is 0 Å². The van der Waals surface area contributed by atoms with Crippen LogP contribution in [-0.4, -0.2) is 46.0 Å². The number of hydrogen-bond acceptors (Lipinski definition) is 3. The molecule has 0 unspecified atom stereocenters. The second kappa shape index (κ2) is 7.27. The van der Waals surface area contributed by atoms with Gasteiger partial charge in [-0.3, -0.25) is 4.79 Å². The molecule has 0 radical (unpaired) electrons. The molecule has 0 saturated carbocycles. The van der Waals surface area contributed by atoms with Crippen LogP contribution in [0.1, 0.15) is 44.9 Å². The maximum Gasteiger partial charge on any atom is 0.224 e. The number of rotatable bonds is 4. The predicted octanol–water partition coefficient (Wildman–Crippen LogP) is 1.83. The molecule has 0 aliphatic carbocycles. The van der Waals surface area contributed by atoms with Crippen LogP contribution in [0.15, 0.2) is 12.4 Å². The maximum atomic E-state index is 12.5. The number of imidazole rings is 1. The van der Waals surface area contributed by atoms with Crippen molar-refractivity contribution >= 4 is 5.91 Å². The topological polar surface area (TPSA) is 50.2 Å². The van der Waals surface area contributed by atoms with E-state index in [1.165, 1.54) is 19.3 Å². The van der Waals surface area contributed by atoms with Gasteiger partial charge in [0.25, 0.3) is 0 Å². The normalized spacial score (nSPS) is 25.6. The average molecular weight is 304 g/mol. The third-order valence-corrected chi connectivity index (χ3v) is 5.18. The maximum absolute atomic E-state index is 12.5. The van der Waals surface area contributed by atoms with Gasteiger partial charge in [-0.15, -0.1) is 0 Å². The fraction of sp³-hybridized carbons (Fsp3) is 0.765. The minimum atomic E-state index is 0.304. The molecular weight excluding hydrogens is 276 g/mol. The van der Waals surface area contributed by atoms with Gasteiger partial charge in [0.15, 0.2) is 0 Å². The highest BCUT2D eigenvalue weighted by Gasteiger charge is 2.31. The minimum Gasteiger partial charge on any atom is -0.342 e. The van der Waals surface area contributed by atoms with Crippen molar-refractivity contribution in [3.63, 3.8) is 0 Å². The Kier molecular flexibility index (Phi) is 5.13. The Morgan fingerprint density at radius 2 is 2.32 bits per heavy atom. The zero-order valence-electron chi connectivity index (χ0n) is 13.6. The number of fused-ring (bicyclic) bond motifs is 1. The summed E-state index contributed by atoms with van der Waals surface area (Å²) in [6.07, 6.45) is 10.3. The first kappa shape index (κ1) is 15.5. The standard InChI is InChI=1S/C17H28N4O/c1-2-16-19-9-12-20(16)11-7-17(22)21-10-6-15-14(13-21)5-3-4-8-18-15/h9,12,14-15,18H,2-8,10-11,13H2,1H3/t14-,15+/m0/s1. The number of amides is 1. The van der Waals surface area contributed by atoms with Crippen LogP contribution >= 0.6 is 0 Å². The molecule has 3 heterocycles. The van der Waals surface area contributed by atoms with Crippen LogP contribution in [0.4, 0.5) is 0 Å². The number of nitrogens with zero attached hydrogens (tertiary/aromatic N) is 3. The summed E-state index contributed by atoms with van der Waals surface area (Å²) in [6.45, 7) is 5.86. The monoisotopic (exact) mass is 304 g/mol. The van der Waals surface area contributed by atoms with E-state index in [0.717, 1.165) is 44.8 Å². The summed E-state index contributed by atoms with van der Waals surface area (Å²) in [4.78, 5) is 18.9. The van der Waals surface area contributed by atoms with Gasteiger partial charge in [-0.2, -0.15) is 0 Å². The van der Waals surface area contributed by atoms with Gasteiger partial charge >= 0.3 is 0 Å². The fourth-order valence-corrected chi connectivity index (χ4v) is 3.87. The number of hydrogen-bond donors (Lipinski definition) is 1. The number of piperidine rings is 1. The Balaban J connectivity index is 1.52. The average Bonchev–Trinajstić information content (AvgIpc) is 2.87. The first-order valence-electron chi connectivity index (χ1n) is 8.79. The SMILES string of the molecule is CCc1nccn1CCC(=O)N1CC[C@H]2NCCCC[C@H]2C1. The van der Waals surface area contributed by atoms with Crippen molar-refractivity contribution in [3.8, 4) is 0 Å². The smallest absolute Gasteiger partial charge is 0.224 e. The third kappa shape index (κ3) is 3.51. The molecule has 5 heteroatoms. The fourth-order valence-electron chi connectivity index (χ4n) is 3.87. The van der Waals surface area contributed by atoms with Crippen molar-refractivity contribution < 1.29 is 4.79 Å². The Labute approximate surface area is 133 Å². The lowest BCUT2D eigenvalue weighted by Gasteiger charge is -2.38. The van der Waals surface area contributed by atoms with Crippen LogP contribution < -0.4 is 5.32 Å². The lowest BCUT2D eigenvalue weighted by atomic mass is 9.89. The second-order valence-electron chi connectivity index (χ2n) is 6.59. The molecule has 0 aromatic carbocycles. The molecule has 1 amide bonds. The van der Waals surface area contributed by atoms with Gasteiger partial charge in [0.1, 0.15) is 5.82 Å². The number of nitrogens with one attached hydrogen (secondary N) is 1. The van der Waals surface area contributed by atoms with Crippen LogP contribution in [0.2, 0.25) is 0 Å². The number of carbonyl (C=O) groups excluding carboxylic acids is 1. The highest BCUT2D eigenvalue weighted by molar-refractivity contribution is 5.76. The van der Waals surface area contributed by atoms with E-state index in [9.17, 15) is 4.79 Å². The molecule has 1 aromatic rings. The third-order valence-electron chi connectivity index (χ3n) is 5.18. The Hall–Kier alpha value is -1.36. The van der Waals surface area contributed by atoms with Crippen molar-refractivity contribution in [1.82, 2.24) is 19.8 Å². The molecule has 22 heavy (non-hydrogen) atoms. The molecule has 1 aromatic heterocycles. The molecular formula is C17H28N4O. The highest BCUT2D eigenvalue weighted by Crippen LogP contribution is 2.25. The molecule has 0 spiro atoms. The molecule has 1 N–H and O–H groups in total. The quantitative estimate of drug-likeness (QED) is 0.923. The zero-order valence-corrected chi connectivity index (χ0v) is 13.6. The van der Waals surface area contributed by atoms with Gasteiger partial charge in [0.05, 0.1) is 0 Å². The Morgan fingerprint density at radius 3 is 3.18 bits per heavy atom. The molecule has 2 atom stereocenters. The largest absolute Gasteiger partial charge is 0.342 e. The minimum absolute atomic E-state index is 0.304. The van der Waals surface area contributed by atoms with Crippen LogP contribution in [0, 0.1) is 5.92 Å². The first-order chi connectivity index (χ1) is 10.8. The summed E-state index contributed by atoms with van der Waals surface area (Å²) in [5, 5.41) is 3.66. The van der Waals surface area contributed by atoms with Gasteiger partial charge in [-0.25, -0.2) is 4.98 Å². The van der Waals surface area contributed by atoms with Crippen molar-refractivity contribution in [1.29, 1.82) is 0 Å². The zero-order chi connectivity index (χ0) is 15.4. The van der Waals surface area contributed by atoms with Crippen molar-refractivity contribution in [2.24, 2.45) is 5.92 Å². The summed E-state index contributed by atoms with van der Waals surface area (Å²) in [5.41, 5.74) is 0. The highest BCUT2D eigenvalue weighted by atomic mass is 16.2. The van der Waals surface area contributed by atoms with E-state index in [1.807, 2.05) is 12.4 Å². The summed E-state index contributed by atoms with van der Waals surface area (Å²) in [6, 6.07) is 0.631. The van der Waals surface area contributed by atoms with Gasteiger partial charge in [-0.1, -0.05) is 13.3 Å². The van der Waals surface area contributed by atoms with Crippen LogP contribution in [0.5, 0.6) is 0 Å². The number of aromatic nitrogens is 2. The van der Waals surface area contributed by atoms with Gasteiger partial charge < -0.3 is 14.8 Å². The van der Waals surface area contributed by atoms with Gasteiger partial charge in [0.2, 0.25) is 5.91 Å². The van der Waals surface area contributed by atoms with E-state index in [1.54, 1.807) is 0 Å². The summed E-state index contributed by atoms with van der Waals surface area (Å²) >= 11 is 0. The molecule has 2 aliphatic heterocycles. The van der Waals surface area contributed by atoms with Crippen molar-refractivity contribution in [3.05, 3.63) is 18.2 Å². The van der Waals surface area contributed by atoms with Gasteiger partial charge in [-0.05, 0) is 31.7 Å². The van der Waals surface area contributed by atoms with Crippen LogP contribution in [-0.2, 0) is 17.8 Å². The van der Waals surface area contributed by atoms with E-state index in [4.69, 9.17) is 0 Å². The van der Waals surface area contributed by atoms with Crippen LogP contribution in [0.25, 0.3) is 0 Å². The summed E-state index contributed by atoms with van der Waals surface area (Å²) in [5.74, 6) is 2.03. The van der Waals surface area contributed by atoms with Crippen molar-refractivity contribution in [2.45, 2.75) is 58.0 Å². The molecule has 122 valence electrons. The van der Waals surface area contributed by atoms with E-state index in [-0.39, 0.29) is 0 Å². The van der Waals surface area contributed by atoms with E-state index in [0.29, 0.717) is 24.3 Å². The predicted molar refractivity (Wildman–Crippen MR) is 86.6 cm³/mol. The van der Waals surface area contributed by atoms with Gasteiger partial charge in [0, 0.05) is 50.9 Å². The van der Waals surface area contributed by atoms with Crippen LogP contribution in [0.3, 0.4) is 0 Å². The lowest BCUT2D eigenvalue weighted by molar-refractivity contribution is -0.133. The molecule has 2 fully saturated rings. The molecule has 0 bridgehead atoms. The summed E-state index contributed by atoms with van der Waals surface area (Å²) in [7, 11) is 0. The molecule has 3 rings (SSSR count). The van der Waals surface area contributed by atoms with Crippen molar-refractivity contribution in [2.75, 3.05) is 19.6 Å². The molecule has 2 saturated heterocycles. The van der Waals surface area contributed by atoms with E-state index in [2.05, 4.69) is 26.7 Å². The summed E-state index contributed by atoms with van der Waals surface area (Å²) < 4.78 is 2.11. The number of carbonyl (C=O) groups is 1. The number of aryl methyl sites for hydroxylation is 2. The number of likely N-dealkylation sites (tertiary alicyclic amines) is 1. The second-order valence-corrected chi connectivity index (χ2v) is 6.59. The lowest BCUT2D eigenvalue weighted by Crippen LogP contribution is -2.50.